The molecule has 0 spiro atoms. The van der Waals surface area contributed by atoms with Crippen molar-refractivity contribution in [3.63, 3.8) is 0 Å². The minimum Gasteiger partial charge on any atom is -0.461 e. The highest BCUT2D eigenvalue weighted by Crippen LogP contribution is 2.44. The summed E-state index contributed by atoms with van der Waals surface area (Å²) in [4.78, 5) is 0. The average molecular weight is 354 g/mol. The number of benzene rings is 2. The Kier molecular flexibility index (Phi) is 3.69. The van der Waals surface area contributed by atoms with E-state index in [9.17, 15) is 0 Å². The fourth-order valence-corrected chi connectivity index (χ4v) is 4.57. The topological polar surface area (TPSA) is 13.1 Å². The fraction of sp³-hybridized carbons (Fsp3) is 0.308. The van der Waals surface area contributed by atoms with Crippen LogP contribution < -0.4 is 0 Å². The van der Waals surface area contributed by atoms with Gasteiger partial charge in [-0.2, -0.15) is 0 Å². The lowest BCUT2D eigenvalue weighted by molar-refractivity contribution is 0.403. The van der Waals surface area contributed by atoms with Crippen LogP contribution in [0.5, 0.6) is 0 Å². The summed E-state index contributed by atoms with van der Waals surface area (Å²) >= 11 is 0. The summed E-state index contributed by atoms with van der Waals surface area (Å²) in [5, 5.41) is 0. The van der Waals surface area contributed by atoms with E-state index in [0.717, 1.165) is 17.9 Å². The van der Waals surface area contributed by atoms with Gasteiger partial charge in [0.2, 0.25) is 0 Å². The van der Waals surface area contributed by atoms with Crippen LogP contribution in [0.25, 0.3) is 22.8 Å². The lowest BCUT2D eigenvalue weighted by Crippen LogP contribution is -2.09. The Bertz CT molecular complexity index is 1040. The van der Waals surface area contributed by atoms with E-state index in [2.05, 4.69) is 75.4 Å². The molecule has 1 nitrogen and oxygen atoms in total. The molecule has 0 fully saturated rings. The molecule has 0 amide bonds. The highest BCUT2D eigenvalue weighted by atomic mass is 16.3. The van der Waals surface area contributed by atoms with Crippen molar-refractivity contribution in [2.24, 2.45) is 0 Å². The van der Waals surface area contributed by atoms with Crippen LogP contribution in [0.15, 0.2) is 52.9 Å². The Hall–Kier alpha value is -2.54. The molecule has 2 aliphatic rings. The average Bonchev–Trinajstić information content (AvgIpc) is 3.37. The summed E-state index contributed by atoms with van der Waals surface area (Å²) in [5.41, 5.74) is 10.1. The second kappa shape index (κ2) is 5.99. The zero-order chi connectivity index (χ0) is 18.6. The summed E-state index contributed by atoms with van der Waals surface area (Å²) in [6.45, 7) is 6.60. The molecule has 27 heavy (non-hydrogen) atoms. The van der Waals surface area contributed by atoms with Crippen LogP contribution in [0.2, 0.25) is 0 Å². The molecule has 0 bridgehead atoms. The van der Waals surface area contributed by atoms with Gasteiger partial charge in [-0.3, -0.25) is 0 Å². The lowest BCUT2D eigenvalue weighted by atomic mass is 9.90. The number of aryl methyl sites for hydroxylation is 1. The maximum Gasteiger partial charge on any atom is 0.130 e. The summed E-state index contributed by atoms with van der Waals surface area (Å²) in [7, 11) is 0. The number of furan rings is 1. The van der Waals surface area contributed by atoms with Crippen molar-refractivity contribution in [3.8, 4) is 11.1 Å². The highest BCUT2D eigenvalue weighted by molar-refractivity contribution is 5.94. The highest BCUT2D eigenvalue weighted by Gasteiger charge is 2.27. The number of allylic oxidation sites excluding steroid dienone is 1. The van der Waals surface area contributed by atoms with Gasteiger partial charge in [-0.1, -0.05) is 57.2 Å². The molecule has 0 radical (unpaired) electrons. The van der Waals surface area contributed by atoms with Crippen molar-refractivity contribution < 1.29 is 4.42 Å². The first-order valence-corrected chi connectivity index (χ1v) is 10.0. The van der Waals surface area contributed by atoms with Gasteiger partial charge in [0.05, 0.1) is 0 Å². The van der Waals surface area contributed by atoms with Gasteiger partial charge >= 0.3 is 0 Å². The SMILES string of the molecule is CC(C)(C)c1ccc(C2=Cc3c(cc4c(c3-c3ccccc3)CCC4)C2)o1. The third kappa shape index (κ3) is 2.77. The Morgan fingerprint density at radius 3 is 2.44 bits per heavy atom. The molecule has 2 aliphatic carbocycles. The van der Waals surface area contributed by atoms with Crippen LogP contribution >= 0.6 is 0 Å². The number of hydrogen-bond donors (Lipinski definition) is 0. The monoisotopic (exact) mass is 354 g/mol. The fourth-order valence-electron chi connectivity index (χ4n) is 4.57. The van der Waals surface area contributed by atoms with Crippen LogP contribution in [0.3, 0.4) is 0 Å². The van der Waals surface area contributed by atoms with Crippen LogP contribution in [0.4, 0.5) is 0 Å². The van der Waals surface area contributed by atoms with Gasteiger partial charge < -0.3 is 4.42 Å². The molecule has 1 heteroatoms. The van der Waals surface area contributed by atoms with Crippen LogP contribution in [0.1, 0.15) is 61.0 Å². The second-order valence-electron chi connectivity index (χ2n) is 8.94. The molecule has 5 rings (SSSR count). The van der Waals surface area contributed by atoms with E-state index < -0.39 is 0 Å². The van der Waals surface area contributed by atoms with Gasteiger partial charge in [-0.25, -0.2) is 0 Å². The van der Waals surface area contributed by atoms with Gasteiger partial charge in [-0.15, -0.1) is 0 Å². The van der Waals surface area contributed by atoms with E-state index in [-0.39, 0.29) is 5.41 Å². The lowest BCUT2D eigenvalue weighted by Gasteiger charge is -2.14. The largest absolute Gasteiger partial charge is 0.461 e. The van der Waals surface area contributed by atoms with Crippen molar-refractivity contribution in [2.45, 2.75) is 51.9 Å². The zero-order valence-corrected chi connectivity index (χ0v) is 16.4. The van der Waals surface area contributed by atoms with Crippen LogP contribution in [-0.2, 0) is 24.7 Å². The van der Waals surface area contributed by atoms with Crippen LogP contribution in [-0.4, -0.2) is 0 Å². The summed E-state index contributed by atoms with van der Waals surface area (Å²) in [6.07, 6.45) is 7.04. The molecule has 0 N–H and O–H groups in total. The molecule has 1 heterocycles. The third-order valence-electron chi connectivity index (χ3n) is 5.95. The Balaban J connectivity index is 1.64. The molecule has 0 atom stereocenters. The minimum atomic E-state index is 0.0423. The molecule has 2 aromatic carbocycles. The van der Waals surface area contributed by atoms with Crippen LogP contribution in [0, 0.1) is 0 Å². The van der Waals surface area contributed by atoms with E-state index in [1.54, 1.807) is 11.1 Å². The van der Waals surface area contributed by atoms with Gasteiger partial charge in [0, 0.05) is 11.8 Å². The Labute approximate surface area is 161 Å². The first-order chi connectivity index (χ1) is 13.0. The molecule has 3 aromatic rings. The van der Waals surface area contributed by atoms with E-state index in [0.29, 0.717) is 0 Å². The Morgan fingerprint density at radius 1 is 0.889 bits per heavy atom. The molecule has 0 saturated carbocycles. The van der Waals surface area contributed by atoms with Gasteiger partial charge in [-0.05, 0) is 76.4 Å². The summed E-state index contributed by atoms with van der Waals surface area (Å²) in [5.74, 6) is 2.08. The van der Waals surface area contributed by atoms with E-state index in [1.807, 2.05) is 0 Å². The van der Waals surface area contributed by atoms with Gasteiger partial charge in [0.1, 0.15) is 11.5 Å². The second-order valence-corrected chi connectivity index (χ2v) is 8.94. The van der Waals surface area contributed by atoms with Crippen molar-refractivity contribution in [1.29, 1.82) is 0 Å². The first kappa shape index (κ1) is 16.6. The van der Waals surface area contributed by atoms with Crippen molar-refractivity contribution >= 4 is 11.6 Å². The molecular formula is C26H26O. The van der Waals surface area contributed by atoms with Crippen molar-refractivity contribution in [3.05, 3.63) is 82.3 Å². The van der Waals surface area contributed by atoms with Crippen molar-refractivity contribution in [1.82, 2.24) is 0 Å². The Morgan fingerprint density at radius 2 is 1.70 bits per heavy atom. The van der Waals surface area contributed by atoms with E-state index in [4.69, 9.17) is 4.42 Å². The predicted molar refractivity (Wildman–Crippen MR) is 113 cm³/mol. The van der Waals surface area contributed by atoms with E-state index >= 15 is 0 Å². The van der Waals surface area contributed by atoms with Gasteiger partial charge in [0.25, 0.3) is 0 Å². The number of hydrogen-bond acceptors (Lipinski definition) is 1. The molecule has 0 aliphatic heterocycles. The zero-order valence-electron chi connectivity index (χ0n) is 16.4. The molecule has 0 unspecified atom stereocenters. The number of rotatable bonds is 2. The third-order valence-corrected chi connectivity index (χ3v) is 5.95. The quantitative estimate of drug-likeness (QED) is 0.491. The first-order valence-electron chi connectivity index (χ1n) is 10.0. The van der Waals surface area contributed by atoms with Crippen molar-refractivity contribution in [2.75, 3.05) is 0 Å². The summed E-state index contributed by atoms with van der Waals surface area (Å²) in [6, 6.07) is 17.7. The molecule has 136 valence electrons. The minimum absolute atomic E-state index is 0.0423. The molecule has 1 aromatic heterocycles. The number of fused-ring (bicyclic) bond motifs is 2. The van der Waals surface area contributed by atoms with Gasteiger partial charge in [0.15, 0.2) is 0 Å². The van der Waals surface area contributed by atoms with E-state index in [1.165, 1.54) is 47.1 Å². The molecular weight excluding hydrogens is 328 g/mol. The molecule has 0 saturated heterocycles. The maximum atomic E-state index is 6.24. The smallest absolute Gasteiger partial charge is 0.130 e. The normalized spacial score (nSPS) is 15.6. The predicted octanol–water partition coefficient (Wildman–Crippen LogP) is 6.83. The maximum absolute atomic E-state index is 6.24. The standard InChI is InChI=1S/C26H26O/c1-26(2,3)24-13-12-23(27-24)20-15-19-14-18-10-7-11-21(18)25(22(19)16-20)17-8-5-4-6-9-17/h4-6,8-9,12-14,16H,7,10-11,15H2,1-3H3. The summed E-state index contributed by atoms with van der Waals surface area (Å²) < 4.78 is 6.24.